The molecular formula is C18H32N2O. The van der Waals surface area contributed by atoms with Crippen LogP contribution in [0.2, 0.25) is 0 Å². The van der Waals surface area contributed by atoms with E-state index in [0.717, 1.165) is 37.8 Å². The van der Waals surface area contributed by atoms with Crippen LogP contribution in [0.5, 0.6) is 0 Å². The molecule has 2 saturated carbocycles. The Bertz CT molecular complexity index is 357. The maximum absolute atomic E-state index is 12.5. The van der Waals surface area contributed by atoms with Gasteiger partial charge >= 0.3 is 0 Å². The molecule has 120 valence electrons. The number of hydrogen-bond donors (Lipinski definition) is 2. The second kappa shape index (κ2) is 7.13. The first-order chi connectivity index (χ1) is 10.2. The minimum atomic E-state index is 0.295. The molecule has 0 bridgehead atoms. The summed E-state index contributed by atoms with van der Waals surface area (Å²) in [6.07, 6.45) is 11.7. The Morgan fingerprint density at radius 2 is 1.86 bits per heavy atom. The molecular weight excluding hydrogens is 260 g/mol. The number of fused-ring (bicyclic) bond motifs is 1. The van der Waals surface area contributed by atoms with Gasteiger partial charge in [0.05, 0.1) is 0 Å². The van der Waals surface area contributed by atoms with Gasteiger partial charge in [-0.3, -0.25) is 4.79 Å². The maximum atomic E-state index is 12.5. The van der Waals surface area contributed by atoms with E-state index in [1.165, 1.54) is 44.9 Å². The minimum Gasteiger partial charge on any atom is -0.354 e. The van der Waals surface area contributed by atoms with E-state index < -0.39 is 0 Å². The molecule has 3 fully saturated rings. The van der Waals surface area contributed by atoms with Gasteiger partial charge in [0.1, 0.15) is 0 Å². The van der Waals surface area contributed by atoms with Crippen LogP contribution in [0.1, 0.15) is 64.7 Å². The number of hydrogen-bond acceptors (Lipinski definition) is 2. The normalized spacial score (nSPS) is 40.3. The SMILES string of the molecule is CC1CCCNC1CNC(=O)C1CCC2CCCCC2C1. The predicted molar refractivity (Wildman–Crippen MR) is 86.0 cm³/mol. The molecule has 21 heavy (non-hydrogen) atoms. The predicted octanol–water partition coefficient (Wildman–Crippen LogP) is 3.10. The van der Waals surface area contributed by atoms with Gasteiger partial charge in [-0.2, -0.15) is 0 Å². The summed E-state index contributed by atoms with van der Waals surface area (Å²) < 4.78 is 0. The third-order valence-electron chi connectivity index (χ3n) is 6.34. The molecule has 3 nitrogen and oxygen atoms in total. The van der Waals surface area contributed by atoms with E-state index >= 15 is 0 Å². The van der Waals surface area contributed by atoms with E-state index in [0.29, 0.717) is 23.8 Å². The van der Waals surface area contributed by atoms with Gasteiger partial charge < -0.3 is 10.6 Å². The molecule has 5 atom stereocenters. The zero-order chi connectivity index (χ0) is 14.7. The van der Waals surface area contributed by atoms with Crippen molar-refractivity contribution in [3.63, 3.8) is 0 Å². The zero-order valence-electron chi connectivity index (χ0n) is 13.6. The van der Waals surface area contributed by atoms with Crippen molar-refractivity contribution in [2.45, 2.75) is 70.8 Å². The van der Waals surface area contributed by atoms with Crippen molar-refractivity contribution in [1.29, 1.82) is 0 Å². The van der Waals surface area contributed by atoms with Gasteiger partial charge in [0.2, 0.25) is 5.91 Å². The lowest BCUT2D eigenvalue weighted by Gasteiger charge is -2.39. The smallest absolute Gasteiger partial charge is 0.223 e. The molecule has 2 aliphatic carbocycles. The Morgan fingerprint density at radius 1 is 1.05 bits per heavy atom. The highest BCUT2D eigenvalue weighted by atomic mass is 16.1. The number of carbonyl (C=O) groups is 1. The molecule has 0 aromatic rings. The van der Waals surface area contributed by atoms with Crippen LogP contribution >= 0.6 is 0 Å². The largest absolute Gasteiger partial charge is 0.354 e. The van der Waals surface area contributed by atoms with E-state index in [-0.39, 0.29) is 0 Å². The van der Waals surface area contributed by atoms with Crippen LogP contribution in [0.3, 0.4) is 0 Å². The average Bonchev–Trinajstić information content (AvgIpc) is 2.53. The average molecular weight is 292 g/mol. The van der Waals surface area contributed by atoms with Gasteiger partial charge in [0, 0.05) is 18.5 Å². The zero-order valence-corrected chi connectivity index (χ0v) is 13.6. The summed E-state index contributed by atoms with van der Waals surface area (Å²) in [4.78, 5) is 12.5. The third kappa shape index (κ3) is 3.80. The molecule has 1 saturated heterocycles. The maximum Gasteiger partial charge on any atom is 0.223 e. The molecule has 0 spiro atoms. The van der Waals surface area contributed by atoms with Gasteiger partial charge in [0.15, 0.2) is 0 Å². The Kier molecular flexibility index (Phi) is 5.20. The van der Waals surface area contributed by atoms with Crippen LogP contribution in [0.15, 0.2) is 0 Å². The van der Waals surface area contributed by atoms with Crippen LogP contribution in [-0.2, 0) is 4.79 Å². The number of carbonyl (C=O) groups excluding carboxylic acids is 1. The monoisotopic (exact) mass is 292 g/mol. The Morgan fingerprint density at radius 3 is 2.67 bits per heavy atom. The first kappa shape index (κ1) is 15.3. The quantitative estimate of drug-likeness (QED) is 0.839. The fourth-order valence-electron chi connectivity index (χ4n) is 4.85. The number of piperidine rings is 1. The van der Waals surface area contributed by atoms with Gasteiger partial charge in [-0.05, 0) is 56.4 Å². The highest BCUT2D eigenvalue weighted by Crippen LogP contribution is 2.42. The van der Waals surface area contributed by atoms with E-state index in [1.807, 2.05) is 0 Å². The summed E-state index contributed by atoms with van der Waals surface area (Å²) in [5, 5.41) is 6.80. The number of amides is 1. The topological polar surface area (TPSA) is 41.1 Å². The van der Waals surface area contributed by atoms with E-state index in [2.05, 4.69) is 17.6 Å². The highest BCUT2D eigenvalue weighted by molar-refractivity contribution is 5.78. The molecule has 0 radical (unpaired) electrons. The third-order valence-corrected chi connectivity index (χ3v) is 6.34. The molecule has 0 aromatic carbocycles. The lowest BCUT2D eigenvalue weighted by atomic mass is 9.67. The standard InChI is InChI=1S/C18H32N2O/c1-13-5-4-10-19-17(13)12-20-18(21)16-9-8-14-6-2-3-7-15(14)11-16/h13-17,19H,2-12H2,1H3,(H,20,21). The van der Waals surface area contributed by atoms with Crippen molar-refractivity contribution in [3.05, 3.63) is 0 Å². The van der Waals surface area contributed by atoms with E-state index in [9.17, 15) is 4.79 Å². The van der Waals surface area contributed by atoms with Crippen LogP contribution in [0, 0.1) is 23.7 Å². The van der Waals surface area contributed by atoms with Gasteiger partial charge in [0.25, 0.3) is 0 Å². The highest BCUT2D eigenvalue weighted by Gasteiger charge is 2.35. The molecule has 1 amide bonds. The lowest BCUT2D eigenvalue weighted by molar-refractivity contribution is -0.127. The molecule has 1 aliphatic heterocycles. The Balaban J connectivity index is 1.44. The molecule has 1 heterocycles. The number of nitrogens with one attached hydrogen (secondary N) is 2. The van der Waals surface area contributed by atoms with Crippen LogP contribution < -0.4 is 10.6 Å². The van der Waals surface area contributed by atoms with Crippen molar-refractivity contribution in [3.8, 4) is 0 Å². The first-order valence-corrected chi connectivity index (χ1v) is 9.25. The minimum absolute atomic E-state index is 0.295. The van der Waals surface area contributed by atoms with Crippen molar-refractivity contribution < 1.29 is 4.79 Å². The molecule has 5 unspecified atom stereocenters. The number of rotatable bonds is 3. The van der Waals surface area contributed by atoms with Crippen LogP contribution in [0.25, 0.3) is 0 Å². The molecule has 3 rings (SSSR count). The summed E-state index contributed by atoms with van der Waals surface area (Å²) in [7, 11) is 0. The summed E-state index contributed by atoms with van der Waals surface area (Å²) in [5.74, 6) is 3.09. The van der Waals surface area contributed by atoms with E-state index in [1.54, 1.807) is 0 Å². The Hall–Kier alpha value is -0.570. The van der Waals surface area contributed by atoms with Gasteiger partial charge in [-0.1, -0.05) is 32.6 Å². The fourth-order valence-corrected chi connectivity index (χ4v) is 4.85. The van der Waals surface area contributed by atoms with Gasteiger partial charge in [-0.15, -0.1) is 0 Å². The summed E-state index contributed by atoms with van der Waals surface area (Å²) >= 11 is 0. The lowest BCUT2D eigenvalue weighted by Crippen LogP contribution is -2.49. The second-order valence-corrected chi connectivity index (χ2v) is 7.74. The molecule has 3 aliphatic rings. The fraction of sp³-hybridized carbons (Fsp3) is 0.944. The molecule has 2 N–H and O–H groups in total. The Labute approximate surface area is 129 Å². The van der Waals surface area contributed by atoms with Crippen molar-refractivity contribution in [2.24, 2.45) is 23.7 Å². The summed E-state index contributed by atoms with van der Waals surface area (Å²) in [5.41, 5.74) is 0. The summed E-state index contributed by atoms with van der Waals surface area (Å²) in [6.45, 7) is 4.23. The summed E-state index contributed by atoms with van der Waals surface area (Å²) in [6, 6.07) is 0.480. The van der Waals surface area contributed by atoms with E-state index in [4.69, 9.17) is 0 Å². The molecule has 0 aromatic heterocycles. The second-order valence-electron chi connectivity index (χ2n) is 7.74. The van der Waals surface area contributed by atoms with Crippen LogP contribution in [0.4, 0.5) is 0 Å². The first-order valence-electron chi connectivity index (χ1n) is 9.25. The van der Waals surface area contributed by atoms with Crippen molar-refractivity contribution in [1.82, 2.24) is 10.6 Å². The van der Waals surface area contributed by atoms with Gasteiger partial charge in [-0.25, -0.2) is 0 Å². The van der Waals surface area contributed by atoms with Crippen LogP contribution in [-0.4, -0.2) is 25.0 Å². The van der Waals surface area contributed by atoms with Crippen molar-refractivity contribution in [2.75, 3.05) is 13.1 Å². The van der Waals surface area contributed by atoms with Crippen molar-refractivity contribution >= 4 is 5.91 Å². The molecule has 3 heteroatoms.